The quantitative estimate of drug-likeness (QED) is 0.859. The van der Waals surface area contributed by atoms with Gasteiger partial charge in [0, 0.05) is 17.0 Å². The van der Waals surface area contributed by atoms with Crippen molar-refractivity contribution in [3.8, 4) is 0 Å². The Balaban J connectivity index is 1.76. The summed E-state index contributed by atoms with van der Waals surface area (Å²) in [5.74, 6) is -1.99. The third-order valence-corrected chi connectivity index (χ3v) is 5.09. The topological polar surface area (TPSA) is 50.7 Å². The fourth-order valence-electron chi connectivity index (χ4n) is 3.57. The predicted molar refractivity (Wildman–Crippen MR) is 98.5 cm³/mol. The first-order valence-corrected chi connectivity index (χ1v) is 8.79. The molecular weight excluding hydrogens is 369 g/mol. The molecule has 3 atom stereocenters. The van der Waals surface area contributed by atoms with Crippen molar-refractivity contribution < 1.29 is 22.7 Å². The van der Waals surface area contributed by atoms with Crippen LogP contribution in [0.3, 0.4) is 0 Å². The van der Waals surface area contributed by atoms with Gasteiger partial charge in [0.1, 0.15) is 11.9 Å². The van der Waals surface area contributed by atoms with E-state index in [0.29, 0.717) is 17.5 Å². The molecule has 1 aliphatic heterocycles. The lowest BCUT2D eigenvalue weighted by Crippen LogP contribution is -2.46. The van der Waals surface area contributed by atoms with E-state index in [0.717, 1.165) is 6.07 Å². The Hall–Kier alpha value is -3.09. The van der Waals surface area contributed by atoms with Gasteiger partial charge in [0.25, 0.3) is 18.4 Å². The van der Waals surface area contributed by atoms with Gasteiger partial charge in [0.2, 0.25) is 0 Å². The number of alkyl halides is 2. The predicted octanol–water partition coefficient (Wildman–Crippen LogP) is 4.13. The van der Waals surface area contributed by atoms with Crippen molar-refractivity contribution in [3.63, 3.8) is 0 Å². The van der Waals surface area contributed by atoms with Gasteiger partial charge in [-0.05, 0) is 36.2 Å². The number of carbonyl (C=O) groups excluding carboxylic acids is 1. The van der Waals surface area contributed by atoms with Crippen LogP contribution in [-0.4, -0.2) is 24.5 Å². The third kappa shape index (κ3) is 2.96. The molecule has 4 rings (SSSR count). The van der Waals surface area contributed by atoms with Gasteiger partial charge in [-0.25, -0.2) is 18.2 Å². The fourth-order valence-corrected chi connectivity index (χ4v) is 3.57. The minimum absolute atomic E-state index is 0.220. The molecule has 0 radical (unpaired) electrons. The number of rotatable bonds is 4. The van der Waals surface area contributed by atoms with Crippen LogP contribution in [0.2, 0.25) is 0 Å². The highest BCUT2D eigenvalue weighted by Crippen LogP contribution is 2.56. The molecule has 1 aliphatic carbocycles. The first-order chi connectivity index (χ1) is 13.5. The zero-order valence-electron chi connectivity index (χ0n) is 14.7. The van der Waals surface area contributed by atoms with E-state index >= 15 is 0 Å². The summed E-state index contributed by atoms with van der Waals surface area (Å²) >= 11 is 0. The Morgan fingerprint density at radius 2 is 2.04 bits per heavy atom. The molecule has 0 bridgehead atoms. The number of amides is 1. The van der Waals surface area contributed by atoms with Gasteiger partial charge in [-0.3, -0.25) is 10.1 Å². The summed E-state index contributed by atoms with van der Waals surface area (Å²) in [5.41, 5.74) is -1.51. The highest BCUT2D eigenvalue weighted by molar-refractivity contribution is 6.04. The van der Waals surface area contributed by atoms with Crippen LogP contribution in [0.25, 0.3) is 6.08 Å². The molecule has 1 N–H and O–H groups in total. The SMILES string of the molecule is C=Cc1ccc(F)c([C@@]2(C(F)F)N=C(NC(=O)c3ccccc3)O[C@@H]3C[C@@H]32)c1. The number of nitrogens with zero attached hydrogens (tertiary/aromatic N) is 1. The van der Waals surface area contributed by atoms with Crippen LogP contribution in [0.1, 0.15) is 27.9 Å². The lowest BCUT2D eigenvalue weighted by molar-refractivity contribution is 0.0166. The summed E-state index contributed by atoms with van der Waals surface area (Å²) in [5, 5.41) is 2.43. The van der Waals surface area contributed by atoms with E-state index in [-0.39, 0.29) is 11.6 Å². The maximum atomic E-state index is 14.6. The number of amidine groups is 1. The molecule has 0 aromatic heterocycles. The zero-order chi connectivity index (χ0) is 19.9. The highest BCUT2D eigenvalue weighted by Gasteiger charge is 2.64. The van der Waals surface area contributed by atoms with Crippen molar-refractivity contribution in [3.05, 3.63) is 77.6 Å². The summed E-state index contributed by atoms with van der Waals surface area (Å²) in [7, 11) is 0. The van der Waals surface area contributed by atoms with Gasteiger partial charge in [0.05, 0.1) is 0 Å². The first-order valence-electron chi connectivity index (χ1n) is 8.79. The number of nitrogens with one attached hydrogen (secondary N) is 1. The van der Waals surface area contributed by atoms with Crippen molar-refractivity contribution in [1.29, 1.82) is 0 Å². The largest absolute Gasteiger partial charge is 0.461 e. The molecule has 1 fully saturated rings. The lowest BCUT2D eigenvalue weighted by Gasteiger charge is -2.34. The molecule has 144 valence electrons. The molecule has 2 aliphatic rings. The second-order valence-corrected chi connectivity index (χ2v) is 6.81. The van der Waals surface area contributed by atoms with Gasteiger partial charge in [-0.15, -0.1) is 0 Å². The van der Waals surface area contributed by atoms with Crippen LogP contribution in [0.15, 0.2) is 60.1 Å². The number of hydrogen-bond acceptors (Lipinski definition) is 3. The summed E-state index contributed by atoms with van der Waals surface area (Å²) in [4.78, 5) is 16.4. The number of hydrogen-bond donors (Lipinski definition) is 1. The molecule has 4 nitrogen and oxygen atoms in total. The molecule has 1 saturated carbocycles. The Morgan fingerprint density at radius 3 is 2.71 bits per heavy atom. The van der Waals surface area contributed by atoms with E-state index in [4.69, 9.17) is 4.74 Å². The van der Waals surface area contributed by atoms with Crippen LogP contribution < -0.4 is 5.32 Å². The summed E-state index contributed by atoms with van der Waals surface area (Å²) in [6.07, 6.45) is -1.78. The normalized spacial score (nSPS) is 25.4. The van der Waals surface area contributed by atoms with E-state index in [9.17, 15) is 18.0 Å². The van der Waals surface area contributed by atoms with E-state index in [2.05, 4.69) is 16.9 Å². The molecule has 7 heteroatoms. The standard InChI is InChI=1S/C21H17F3N2O2/c1-2-12-8-9-16(22)14(10-12)21(19(23)24)15-11-17(15)28-20(26-21)25-18(27)13-6-4-3-5-7-13/h2-10,15,17,19H,1,11H2,(H,25,26,27)/t15-,17+,21+/m0/s1. The minimum atomic E-state index is -2.98. The average Bonchev–Trinajstić information content (AvgIpc) is 3.48. The van der Waals surface area contributed by atoms with Crippen LogP contribution >= 0.6 is 0 Å². The maximum Gasteiger partial charge on any atom is 0.293 e. The van der Waals surface area contributed by atoms with E-state index in [1.54, 1.807) is 30.3 Å². The van der Waals surface area contributed by atoms with Crippen LogP contribution in [0.5, 0.6) is 0 Å². The molecule has 1 amide bonds. The van der Waals surface area contributed by atoms with E-state index < -0.39 is 35.7 Å². The smallest absolute Gasteiger partial charge is 0.293 e. The summed E-state index contributed by atoms with van der Waals surface area (Å²) in [6.45, 7) is 3.60. The number of ether oxygens (including phenoxy) is 1. The monoisotopic (exact) mass is 386 g/mol. The van der Waals surface area contributed by atoms with Crippen molar-refractivity contribution in [1.82, 2.24) is 5.32 Å². The number of carbonyl (C=O) groups is 1. The Bertz CT molecular complexity index is 961. The number of halogens is 3. The minimum Gasteiger partial charge on any atom is -0.461 e. The highest BCUT2D eigenvalue weighted by atomic mass is 19.3. The van der Waals surface area contributed by atoms with Crippen LogP contribution in [0, 0.1) is 11.7 Å². The lowest BCUT2D eigenvalue weighted by atomic mass is 9.84. The maximum absolute atomic E-state index is 14.6. The number of benzene rings is 2. The van der Waals surface area contributed by atoms with Gasteiger partial charge < -0.3 is 4.74 Å². The van der Waals surface area contributed by atoms with Crippen LogP contribution in [0.4, 0.5) is 13.2 Å². The molecule has 0 unspecified atom stereocenters. The molecule has 2 aromatic rings. The molecule has 1 heterocycles. The average molecular weight is 386 g/mol. The van der Waals surface area contributed by atoms with Gasteiger partial charge in [-0.1, -0.05) is 36.9 Å². The molecule has 0 spiro atoms. The Morgan fingerprint density at radius 1 is 1.29 bits per heavy atom. The van der Waals surface area contributed by atoms with Crippen LogP contribution in [-0.2, 0) is 10.3 Å². The Labute approximate surface area is 159 Å². The van der Waals surface area contributed by atoms with Gasteiger partial charge >= 0.3 is 0 Å². The van der Waals surface area contributed by atoms with Crippen molar-refractivity contribution in [2.45, 2.75) is 24.5 Å². The molecule has 28 heavy (non-hydrogen) atoms. The Kier molecular flexibility index (Phi) is 4.45. The van der Waals surface area contributed by atoms with Crippen molar-refractivity contribution >= 4 is 18.0 Å². The molecule has 0 saturated heterocycles. The zero-order valence-corrected chi connectivity index (χ0v) is 14.7. The second-order valence-electron chi connectivity index (χ2n) is 6.81. The summed E-state index contributed by atoms with van der Waals surface area (Å²) in [6, 6.07) is 11.8. The molecule has 2 aromatic carbocycles. The number of fused-ring (bicyclic) bond motifs is 1. The van der Waals surface area contributed by atoms with E-state index in [1.165, 1.54) is 18.2 Å². The van der Waals surface area contributed by atoms with Gasteiger partial charge in [-0.2, -0.15) is 0 Å². The fraction of sp³-hybridized carbons (Fsp3) is 0.238. The van der Waals surface area contributed by atoms with Gasteiger partial charge in [0.15, 0.2) is 5.54 Å². The second kappa shape index (κ2) is 6.82. The summed E-state index contributed by atoms with van der Waals surface area (Å²) < 4.78 is 48.7. The number of aliphatic imine (C=N–C) groups is 1. The van der Waals surface area contributed by atoms with Crippen molar-refractivity contribution in [2.24, 2.45) is 10.9 Å². The van der Waals surface area contributed by atoms with Crippen molar-refractivity contribution in [2.75, 3.05) is 0 Å². The third-order valence-electron chi connectivity index (χ3n) is 5.09. The van der Waals surface area contributed by atoms with E-state index in [1.807, 2.05) is 0 Å². The molecular formula is C21H17F3N2O2. The first kappa shape index (κ1) is 18.3.